The second kappa shape index (κ2) is 6.15. The highest BCUT2D eigenvalue weighted by Gasteiger charge is 2.33. The smallest absolute Gasteiger partial charge is 0.327 e. The number of carbonyl (C=O) groups is 2. The lowest BCUT2D eigenvalue weighted by Gasteiger charge is -2.07. The topological polar surface area (TPSA) is 74.6 Å². The fraction of sp³-hybridized carbons (Fsp3) is 0.385. The number of aliphatic hydroxyl groups excluding tert-OH is 1. The van der Waals surface area contributed by atoms with Crippen LogP contribution in [-0.2, 0) is 9.59 Å². The van der Waals surface area contributed by atoms with Crippen LogP contribution >= 0.6 is 0 Å². The number of rotatable bonds is 5. The lowest BCUT2D eigenvalue weighted by Crippen LogP contribution is -2.06. The Morgan fingerprint density at radius 2 is 2.12 bits per heavy atom. The largest absolute Gasteiger partial charge is 0.478 e. The van der Waals surface area contributed by atoms with Gasteiger partial charge in [-0.15, -0.1) is 0 Å². The third-order valence-electron chi connectivity index (χ3n) is 2.73. The summed E-state index contributed by atoms with van der Waals surface area (Å²) in [5.74, 6) is -1.24. The van der Waals surface area contributed by atoms with Crippen LogP contribution in [0.3, 0.4) is 0 Å². The molecule has 0 amide bonds. The fourth-order valence-electron chi connectivity index (χ4n) is 1.76. The number of hydrogen-bond donors (Lipinski definition) is 2. The first-order valence-corrected chi connectivity index (χ1v) is 5.46. The quantitative estimate of drug-likeness (QED) is 0.560. The molecule has 92 valence electrons. The molecule has 0 spiro atoms. The summed E-state index contributed by atoms with van der Waals surface area (Å²) < 4.78 is 0. The van der Waals surface area contributed by atoms with Gasteiger partial charge in [-0.25, -0.2) is 4.79 Å². The molecule has 1 aliphatic carbocycles. The molecule has 0 radical (unpaired) electrons. The summed E-state index contributed by atoms with van der Waals surface area (Å²) in [5.41, 5.74) is 0.584. The van der Waals surface area contributed by atoms with Crippen LogP contribution in [0.15, 0.2) is 36.5 Å². The Morgan fingerprint density at radius 3 is 2.65 bits per heavy atom. The molecule has 4 nitrogen and oxygen atoms in total. The Bertz CT molecular complexity index is 379. The SMILES string of the molecule is C=C1[C@@H](C/C=C\C/C=C/C(=O)O)C(=O)C[C@H]1O. The van der Waals surface area contributed by atoms with Crippen molar-refractivity contribution in [1.82, 2.24) is 0 Å². The van der Waals surface area contributed by atoms with E-state index in [1.165, 1.54) is 6.08 Å². The highest BCUT2D eigenvalue weighted by atomic mass is 16.4. The molecule has 2 N–H and O–H groups in total. The van der Waals surface area contributed by atoms with E-state index in [0.29, 0.717) is 18.4 Å². The second-order valence-corrected chi connectivity index (χ2v) is 4.00. The van der Waals surface area contributed by atoms with Crippen LogP contribution in [0.1, 0.15) is 19.3 Å². The van der Waals surface area contributed by atoms with E-state index in [1.807, 2.05) is 6.08 Å². The molecule has 1 rings (SSSR count). The van der Waals surface area contributed by atoms with Gasteiger partial charge < -0.3 is 10.2 Å². The Balaban J connectivity index is 2.36. The Hall–Kier alpha value is -1.68. The predicted molar refractivity (Wildman–Crippen MR) is 63.4 cm³/mol. The van der Waals surface area contributed by atoms with Crippen LogP contribution in [0.5, 0.6) is 0 Å². The second-order valence-electron chi connectivity index (χ2n) is 4.00. The van der Waals surface area contributed by atoms with E-state index in [-0.39, 0.29) is 18.1 Å². The van der Waals surface area contributed by atoms with E-state index < -0.39 is 12.1 Å². The zero-order valence-electron chi connectivity index (χ0n) is 9.50. The maximum atomic E-state index is 11.5. The molecule has 1 aliphatic rings. The van der Waals surface area contributed by atoms with Crippen LogP contribution in [0, 0.1) is 5.92 Å². The molecule has 1 fully saturated rings. The first-order valence-electron chi connectivity index (χ1n) is 5.46. The molecule has 0 unspecified atom stereocenters. The summed E-state index contributed by atoms with van der Waals surface area (Å²) in [6.07, 6.45) is 6.72. The number of aliphatic carboxylic acids is 1. The molecular weight excluding hydrogens is 220 g/mol. The molecule has 0 aromatic carbocycles. The standard InChI is InChI=1S/C13H16O4/c1-9-10(12(15)8-11(9)14)6-4-2-3-5-7-13(16)17/h2,4-5,7,10-11,14H,1,3,6,8H2,(H,16,17)/b4-2-,7-5+/t10-,11-/m1/s1. The van der Waals surface area contributed by atoms with Gasteiger partial charge in [0.05, 0.1) is 6.10 Å². The molecule has 2 atom stereocenters. The summed E-state index contributed by atoms with van der Waals surface area (Å²) in [7, 11) is 0. The van der Waals surface area contributed by atoms with Gasteiger partial charge in [-0.05, 0) is 18.4 Å². The third-order valence-corrected chi connectivity index (χ3v) is 2.73. The van der Waals surface area contributed by atoms with E-state index >= 15 is 0 Å². The van der Waals surface area contributed by atoms with E-state index in [4.69, 9.17) is 5.11 Å². The monoisotopic (exact) mass is 236 g/mol. The molecule has 0 bridgehead atoms. The van der Waals surface area contributed by atoms with Crippen LogP contribution < -0.4 is 0 Å². The number of hydrogen-bond acceptors (Lipinski definition) is 3. The normalized spacial score (nSPS) is 25.2. The predicted octanol–water partition coefficient (Wildman–Crippen LogP) is 1.47. The van der Waals surface area contributed by atoms with E-state index in [1.54, 1.807) is 6.08 Å². The van der Waals surface area contributed by atoms with Crippen molar-refractivity contribution in [2.24, 2.45) is 5.92 Å². The van der Waals surface area contributed by atoms with Gasteiger partial charge in [-0.2, -0.15) is 0 Å². The molecule has 1 saturated carbocycles. The van der Waals surface area contributed by atoms with Gasteiger partial charge in [-0.3, -0.25) is 4.79 Å². The van der Waals surface area contributed by atoms with Crippen molar-refractivity contribution in [1.29, 1.82) is 0 Å². The van der Waals surface area contributed by atoms with Crippen molar-refractivity contribution in [2.75, 3.05) is 0 Å². The molecule has 0 aromatic heterocycles. The lowest BCUT2D eigenvalue weighted by atomic mass is 9.98. The van der Waals surface area contributed by atoms with E-state index in [9.17, 15) is 14.7 Å². The molecule has 0 aromatic rings. The van der Waals surface area contributed by atoms with Crippen LogP contribution in [-0.4, -0.2) is 28.1 Å². The minimum Gasteiger partial charge on any atom is -0.478 e. The Labute approximate surface area is 100.0 Å². The highest BCUT2D eigenvalue weighted by molar-refractivity contribution is 5.88. The van der Waals surface area contributed by atoms with Crippen molar-refractivity contribution in [3.8, 4) is 0 Å². The summed E-state index contributed by atoms with van der Waals surface area (Å²) >= 11 is 0. The zero-order valence-corrected chi connectivity index (χ0v) is 9.50. The molecular formula is C13H16O4. The van der Waals surface area contributed by atoms with Crippen molar-refractivity contribution in [3.63, 3.8) is 0 Å². The molecule has 0 saturated heterocycles. The molecule has 0 heterocycles. The first-order chi connectivity index (χ1) is 8.02. The van der Waals surface area contributed by atoms with Crippen molar-refractivity contribution < 1.29 is 19.8 Å². The van der Waals surface area contributed by atoms with Crippen LogP contribution in [0.25, 0.3) is 0 Å². The maximum Gasteiger partial charge on any atom is 0.327 e. The number of carbonyl (C=O) groups excluding carboxylic acids is 1. The summed E-state index contributed by atoms with van der Waals surface area (Å²) in [6, 6.07) is 0. The average Bonchev–Trinajstić information content (AvgIpc) is 2.48. The molecule has 17 heavy (non-hydrogen) atoms. The fourth-order valence-corrected chi connectivity index (χ4v) is 1.76. The lowest BCUT2D eigenvalue weighted by molar-refractivity contribution is -0.131. The van der Waals surface area contributed by atoms with Gasteiger partial charge in [-0.1, -0.05) is 24.8 Å². The Kier molecular flexibility index (Phi) is 4.84. The first kappa shape index (κ1) is 13.4. The van der Waals surface area contributed by atoms with E-state index in [0.717, 1.165) is 6.08 Å². The summed E-state index contributed by atoms with van der Waals surface area (Å²) in [5, 5.41) is 17.8. The van der Waals surface area contributed by atoms with Crippen molar-refractivity contribution in [3.05, 3.63) is 36.5 Å². The van der Waals surface area contributed by atoms with Crippen molar-refractivity contribution >= 4 is 11.8 Å². The number of Topliss-reactive ketones (excluding diaryl/α,β-unsaturated/α-hetero) is 1. The number of ketones is 1. The Morgan fingerprint density at radius 1 is 1.41 bits per heavy atom. The molecule has 4 heteroatoms. The van der Waals surface area contributed by atoms with Crippen LogP contribution in [0.2, 0.25) is 0 Å². The van der Waals surface area contributed by atoms with Crippen molar-refractivity contribution in [2.45, 2.75) is 25.4 Å². The number of aliphatic hydroxyl groups is 1. The van der Waals surface area contributed by atoms with E-state index in [2.05, 4.69) is 6.58 Å². The number of allylic oxidation sites excluding steroid dienone is 3. The van der Waals surface area contributed by atoms with Gasteiger partial charge >= 0.3 is 5.97 Å². The molecule has 0 aliphatic heterocycles. The minimum absolute atomic E-state index is 0.0215. The zero-order chi connectivity index (χ0) is 12.8. The number of carboxylic acids is 1. The average molecular weight is 236 g/mol. The van der Waals surface area contributed by atoms with Gasteiger partial charge in [0.1, 0.15) is 5.78 Å². The maximum absolute atomic E-state index is 11.5. The van der Waals surface area contributed by atoms with Gasteiger partial charge in [0.25, 0.3) is 0 Å². The highest BCUT2D eigenvalue weighted by Crippen LogP contribution is 2.29. The minimum atomic E-state index is -0.971. The van der Waals surface area contributed by atoms with Gasteiger partial charge in [0.2, 0.25) is 0 Å². The summed E-state index contributed by atoms with van der Waals surface area (Å²) in [4.78, 5) is 21.6. The van der Waals surface area contributed by atoms with Gasteiger partial charge in [0.15, 0.2) is 0 Å². The van der Waals surface area contributed by atoms with Gasteiger partial charge in [0, 0.05) is 18.4 Å². The van der Waals surface area contributed by atoms with Crippen LogP contribution in [0.4, 0.5) is 0 Å². The third kappa shape index (κ3) is 4.00. The summed E-state index contributed by atoms with van der Waals surface area (Å²) in [6.45, 7) is 3.71. The number of carboxylic acid groups (broad SMARTS) is 1.